The zero-order valence-electron chi connectivity index (χ0n) is 14.2. The van der Waals surface area contributed by atoms with Gasteiger partial charge in [0.25, 0.3) is 0 Å². The standard InChI is InChI=1S/C17H10ClN2OS2.5ClH.Sn/c18-12-7-5-11(6-8-12)16-19-15(13-3-1-9-22-13)20-17(21-16)14-4-2-10-23-14;;;;;;/h1-10H;5*1H;/q+1;;;;;;+4/p-5. The van der Waals surface area contributed by atoms with Crippen molar-refractivity contribution >= 4 is 90.2 Å². The van der Waals surface area contributed by atoms with Crippen LogP contribution >= 0.6 is 78.9 Å². The van der Waals surface area contributed by atoms with Gasteiger partial charge in [0.2, 0.25) is 0 Å². The van der Waals surface area contributed by atoms with E-state index in [1.807, 2.05) is 59.3 Å². The van der Waals surface area contributed by atoms with Gasteiger partial charge in [-0.2, -0.15) is 4.42 Å². The molecule has 0 bridgehead atoms. The molecule has 4 aromatic rings. The molecule has 0 aliphatic carbocycles. The second kappa shape index (κ2) is 9.75. The number of aromatic nitrogens is 2. The second-order valence-electron chi connectivity index (χ2n) is 5.44. The van der Waals surface area contributed by atoms with Gasteiger partial charge in [0, 0.05) is 5.02 Å². The van der Waals surface area contributed by atoms with Gasteiger partial charge in [-0.15, -0.1) is 32.6 Å². The summed E-state index contributed by atoms with van der Waals surface area (Å²) in [7, 11) is 25.3. The van der Waals surface area contributed by atoms with Gasteiger partial charge in [0.05, 0.1) is 4.88 Å². The van der Waals surface area contributed by atoms with Crippen molar-refractivity contribution in [3.8, 4) is 32.9 Å². The van der Waals surface area contributed by atoms with Crippen LogP contribution in [0.4, 0.5) is 0 Å². The van der Waals surface area contributed by atoms with Gasteiger partial charge in [0.1, 0.15) is 5.56 Å². The molecule has 0 fully saturated rings. The molecule has 0 saturated heterocycles. The number of thiophene rings is 2. The molecule has 0 aliphatic heterocycles. The molecule has 0 spiro atoms. The molecular formula is C17H10Cl6N2OS2Sn. The molecule has 0 aliphatic rings. The van der Waals surface area contributed by atoms with Crippen molar-refractivity contribution in [2.24, 2.45) is 0 Å². The Morgan fingerprint density at radius 3 is 1.76 bits per heavy atom. The molecule has 3 aromatic heterocycles. The van der Waals surface area contributed by atoms with Crippen LogP contribution in [0.3, 0.4) is 0 Å². The van der Waals surface area contributed by atoms with E-state index in [2.05, 4.69) is 9.97 Å². The minimum atomic E-state index is -4.40. The Balaban J connectivity index is 0.000000353. The van der Waals surface area contributed by atoms with Crippen molar-refractivity contribution in [1.82, 2.24) is 9.97 Å². The first-order valence-electron chi connectivity index (χ1n) is 7.80. The van der Waals surface area contributed by atoms with Gasteiger partial charge in [-0.25, -0.2) is 0 Å². The van der Waals surface area contributed by atoms with E-state index in [-0.39, 0.29) is 0 Å². The number of benzene rings is 1. The number of hydrogen-bond donors (Lipinski definition) is 0. The van der Waals surface area contributed by atoms with Crippen LogP contribution in [0.5, 0.6) is 0 Å². The summed E-state index contributed by atoms with van der Waals surface area (Å²) in [4.78, 5) is 11.1. The van der Waals surface area contributed by atoms with E-state index in [0.29, 0.717) is 22.6 Å². The maximum atomic E-state index is 5.96. The fourth-order valence-electron chi connectivity index (χ4n) is 2.09. The Hall–Kier alpha value is 0.169. The molecule has 3 heterocycles. The Kier molecular flexibility index (Phi) is 8.01. The van der Waals surface area contributed by atoms with Gasteiger partial charge in [-0.3, -0.25) is 0 Å². The van der Waals surface area contributed by atoms with E-state index in [1.54, 1.807) is 22.7 Å². The van der Waals surface area contributed by atoms with Gasteiger partial charge in [-0.05, 0) is 47.2 Å². The number of nitrogens with zero attached hydrogens (tertiary/aromatic N) is 2. The van der Waals surface area contributed by atoms with Crippen LogP contribution in [0.15, 0.2) is 63.7 Å². The van der Waals surface area contributed by atoms with Crippen molar-refractivity contribution in [3.63, 3.8) is 0 Å². The van der Waals surface area contributed by atoms with Crippen LogP contribution in [0.25, 0.3) is 32.9 Å². The molecule has 0 unspecified atom stereocenters. The quantitative estimate of drug-likeness (QED) is 0.163. The molecule has 29 heavy (non-hydrogen) atoms. The first-order valence-corrected chi connectivity index (χ1v) is 28.0. The topological polar surface area (TPSA) is 37.1 Å². The first kappa shape index (κ1) is 23.8. The average Bonchev–Trinajstić information content (AvgIpc) is 3.34. The van der Waals surface area contributed by atoms with Crippen LogP contribution in [-0.4, -0.2) is 21.3 Å². The fourth-order valence-corrected chi connectivity index (χ4v) is 3.52. The third-order valence-corrected chi connectivity index (χ3v) is 5.15. The SMILES string of the molecule is Clc1ccc(-c2nc(-c3cccs3)nc(-c3cccs3)[o+]2)cc1.[Cl][Sn-]([Cl])([Cl])([Cl])[Cl]. The van der Waals surface area contributed by atoms with E-state index in [4.69, 9.17) is 60.6 Å². The number of halogens is 6. The monoisotopic (exact) mass is 652 g/mol. The molecule has 1 aromatic carbocycles. The van der Waals surface area contributed by atoms with Crippen LogP contribution in [-0.2, 0) is 0 Å². The summed E-state index contributed by atoms with van der Waals surface area (Å²) in [5, 5.41) is 4.69. The summed E-state index contributed by atoms with van der Waals surface area (Å²) >= 11 is 4.75. The summed E-state index contributed by atoms with van der Waals surface area (Å²) in [5.41, 5.74) is 0.868. The van der Waals surface area contributed by atoms with Crippen molar-refractivity contribution < 1.29 is 4.42 Å². The zero-order chi connectivity index (χ0) is 21.1. The Morgan fingerprint density at radius 2 is 1.24 bits per heavy atom. The van der Waals surface area contributed by atoms with Crippen molar-refractivity contribution in [2.75, 3.05) is 0 Å². The molecule has 3 nitrogen and oxygen atoms in total. The molecule has 0 atom stereocenters. The van der Waals surface area contributed by atoms with Crippen molar-refractivity contribution in [1.29, 1.82) is 0 Å². The molecular weight excluding hydrogens is 644 g/mol. The van der Waals surface area contributed by atoms with Gasteiger partial charge in [-0.1, -0.05) is 23.7 Å². The molecule has 0 N–H and O–H groups in total. The summed E-state index contributed by atoms with van der Waals surface area (Å²) in [6.07, 6.45) is 0. The van der Waals surface area contributed by atoms with Crippen LogP contribution in [0, 0.1) is 0 Å². The Bertz CT molecular complexity index is 1010. The van der Waals surface area contributed by atoms with Crippen LogP contribution in [0.1, 0.15) is 0 Å². The van der Waals surface area contributed by atoms with E-state index in [1.165, 1.54) is 0 Å². The molecule has 0 amide bonds. The third kappa shape index (κ3) is 8.31. The second-order valence-corrected chi connectivity index (χ2v) is 50.2. The first-order chi connectivity index (χ1) is 13.5. The molecule has 12 heteroatoms. The Labute approximate surface area is 199 Å². The molecule has 4 rings (SSSR count). The summed E-state index contributed by atoms with van der Waals surface area (Å²) < 4.78 is 5.94. The van der Waals surface area contributed by atoms with Gasteiger partial charge >= 0.3 is 67.7 Å². The maximum absolute atomic E-state index is 5.96. The van der Waals surface area contributed by atoms with E-state index in [9.17, 15) is 0 Å². The van der Waals surface area contributed by atoms with Crippen molar-refractivity contribution in [2.45, 2.75) is 0 Å². The predicted octanol–water partition coefficient (Wildman–Crippen LogP) is 9.19. The third-order valence-electron chi connectivity index (χ3n) is 3.17. The average molecular weight is 654 g/mol. The van der Waals surface area contributed by atoms with E-state index in [0.717, 1.165) is 15.3 Å². The molecule has 0 radical (unpaired) electrons. The van der Waals surface area contributed by atoms with Crippen LogP contribution < -0.4 is 0 Å². The summed E-state index contributed by atoms with van der Waals surface area (Å²) in [6.45, 7) is 0. The van der Waals surface area contributed by atoms with E-state index >= 15 is 0 Å². The number of rotatable bonds is 3. The van der Waals surface area contributed by atoms with Crippen molar-refractivity contribution in [3.05, 3.63) is 64.3 Å². The minimum absolute atomic E-state index is 0.531. The summed E-state index contributed by atoms with van der Waals surface area (Å²) in [6, 6.07) is 15.4. The summed E-state index contributed by atoms with van der Waals surface area (Å²) in [5.74, 6) is 1.77. The molecule has 0 saturated carbocycles. The molecule has 152 valence electrons. The Morgan fingerprint density at radius 1 is 0.724 bits per heavy atom. The van der Waals surface area contributed by atoms with Gasteiger partial charge < -0.3 is 0 Å². The van der Waals surface area contributed by atoms with Crippen LogP contribution in [0.2, 0.25) is 5.02 Å². The zero-order valence-corrected chi connectivity index (χ0v) is 23.2. The predicted molar refractivity (Wildman–Crippen MR) is 131 cm³/mol. The van der Waals surface area contributed by atoms with E-state index < -0.39 is 11.4 Å². The van der Waals surface area contributed by atoms with Gasteiger partial charge in [0.15, 0.2) is 10.7 Å². The normalized spacial score (nSPS) is 12.6. The fraction of sp³-hybridized carbons (Fsp3) is 0. The number of hydrogen-bond acceptors (Lipinski definition) is 4.